The van der Waals surface area contributed by atoms with Crippen molar-refractivity contribution < 1.29 is 8.91 Å². The fourth-order valence-electron chi connectivity index (χ4n) is 3.22. The summed E-state index contributed by atoms with van der Waals surface area (Å²) in [5, 5.41) is 4.87. The van der Waals surface area contributed by atoms with E-state index in [4.69, 9.17) is 16.1 Å². The van der Waals surface area contributed by atoms with Crippen LogP contribution in [-0.4, -0.2) is 36.2 Å². The van der Waals surface area contributed by atoms with E-state index in [1.807, 2.05) is 42.5 Å². The Kier molecular flexibility index (Phi) is 4.91. The van der Waals surface area contributed by atoms with Gasteiger partial charge in [0.2, 0.25) is 0 Å². The summed E-state index contributed by atoms with van der Waals surface area (Å²) in [5.41, 5.74) is 2.53. The van der Waals surface area contributed by atoms with Crippen LogP contribution >= 0.6 is 11.6 Å². The summed E-state index contributed by atoms with van der Waals surface area (Å²) in [4.78, 5) is 4.40. The Bertz CT molecular complexity index is 873. The van der Waals surface area contributed by atoms with Gasteiger partial charge in [0, 0.05) is 49.4 Å². The van der Waals surface area contributed by atoms with Crippen molar-refractivity contribution in [3.63, 3.8) is 0 Å². The van der Waals surface area contributed by atoms with Crippen molar-refractivity contribution in [3.05, 3.63) is 71.1 Å². The molecule has 4 rings (SSSR count). The second-order valence-corrected chi connectivity index (χ2v) is 6.84. The molecule has 6 heteroatoms. The molecule has 1 saturated heterocycles. The molecular weight excluding hydrogens is 353 g/mol. The molecular formula is C20H19ClFN3O. The molecule has 0 atom stereocenters. The van der Waals surface area contributed by atoms with Gasteiger partial charge in [-0.15, -0.1) is 0 Å². The van der Waals surface area contributed by atoms with Crippen LogP contribution in [0.4, 0.5) is 10.1 Å². The Labute approximate surface area is 156 Å². The van der Waals surface area contributed by atoms with E-state index in [1.165, 1.54) is 6.07 Å². The molecule has 0 saturated carbocycles. The van der Waals surface area contributed by atoms with Crippen molar-refractivity contribution in [1.29, 1.82) is 0 Å². The van der Waals surface area contributed by atoms with Crippen LogP contribution in [0.2, 0.25) is 5.02 Å². The third kappa shape index (κ3) is 3.74. The molecule has 26 heavy (non-hydrogen) atoms. The minimum absolute atomic E-state index is 0.162. The summed E-state index contributed by atoms with van der Waals surface area (Å²) < 4.78 is 19.4. The van der Waals surface area contributed by atoms with Gasteiger partial charge in [0.1, 0.15) is 5.82 Å². The Morgan fingerprint density at radius 1 is 1.00 bits per heavy atom. The minimum Gasteiger partial charge on any atom is -0.367 e. The van der Waals surface area contributed by atoms with Crippen LogP contribution in [0, 0.1) is 5.82 Å². The Balaban J connectivity index is 1.36. The molecule has 2 heterocycles. The zero-order valence-corrected chi connectivity index (χ0v) is 15.0. The number of nitrogens with zero attached hydrogens (tertiary/aromatic N) is 3. The number of para-hydroxylation sites is 1. The normalized spacial score (nSPS) is 15.4. The average molecular weight is 372 g/mol. The monoisotopic (exact) mass is 371 g/mol. The zero-order valence-electron chi connectivity index (χ0n) is 14.2. The smallest absolute Gasteiger partial charge is 0.167 e. The predicted molar refractivity (Wildman–Crippen MR) is 101 cm³/mol. The van der Waals surface area contributed by atoms with Crippen LogP contribution in [0.25, 0.3) is 11.3 Å². The van der Waals surface area contributed by atoms with E-state index in [-0.39, 0.29) is 5.82 Å². The molecule has 0 amide bonds. The van der Waals surface area contributed by atoms with Crippen LogP contribution in [0.3, 0.4) is 0 Å². The maximum Gasteiger partial charge on any atom is 0.167 e. The van der Waals surface area contributed by atoms with E-state index in [1.54, 1.807) is 6.07 Å². The van der Waals surface area contributed by atoms with Gasteiger partial charge in [-0.2, -0.15) is 0 Å². The molecule has 0 spiro atoms. The summed E-state index contributed by atoms with van der Waals surface area (Å²) in [6.45, 7) is 4.03. The summed E-state index contributed by atoms with van der Waals surface area (Å²) in [7, 11) is 0. The van der Waals surface area contributed by atoms with Crippen molar-refractivity contribution in [2.45, 2.75) is 6.54 Å². The van der Waals surface area contributed by atoms with Crippen molar-refractivity contribution in [1.82, 2.24) is 10.1 Å². The molecule has 1 fully saturated rings. The molecule has 0 unspecified atom stereocenters. The Morgan fingerprint density at radius 3 is 2.46 bits per heavy atom. The number of hydrogen-bond acceptors (Lipinski definition) is 4. The van der Waals surface area contributed by atoms with E-state index in [0.29, 0.717) is 10.7 Å². The van der Waals surface area contributed by atoms with Crippen molar-refractivity contribution in [2.24, 2.45) is 0 Å². The molecule has 0 bridgehead atoms. The molecule has 1 aromatic heterocycles. The second-order valence-electron chi connectivity index (χ2n) is 6.40. The van der Waals surface area contributed by atoms with Crippen molar-refractivity contribution >= 4 is 17.3 Å². The van der Waals surface area contributed by atoms with E-state index >= 15 is 0 Å². The lowest BCUT2D eigenvalue weighted by Gasteiger charge is -2.35. The zero-order chi connectivity index (χ0) is 17.9. The molecule has 0 N–H and O–H groups in total. The predicted octanol–water partition coefficient (Wildman–Crippen LogP) is 4.46. The molecule has 1 aliphatic rings. The Hall–Kier alpha value is -2.37. The van der Waals surface area contributed by atoms with Gasteiger partial charge in [-0.3, -0.25) is 4.90 Å². The highest BCUT2D eigenvalue weighted by Crippen LogP contribution is 2.24. The van der Waals surface area contributed by atoms with Gasteiger partial charge in [0.15, 0.2) is 5.76 Å². The Morgan fingerprint density at radius 2 is 1.73 bits per heavy atom. The van der Waals surface area contributed by atoms with Crippen LogP contribution in [-0.2, 0) is 6.54 Å². The summed E-state index contributed by atoms with van der Waals surface area (Å²) in [6, 6.07) is 16.4. The van der Waals surface area contributed by atoms with E-state index in [9.17, 15) is 4.39 Å². The molecule has 134 valence electrons. The van der Waals surface area contributed by atoms with Gasteiger partial charge in [0.25, 0.3) is 0 Å². The SMILES string of the molecule is Fc1ccccc1N1CCN(Cc2cc(-c3ccc(Cl)cc3)on2)CC1. The first-order chi connectivity index (χ1) is 12.7. The minimum atomic E-state index is -0.162. The van der Waals surface area contributed by atoms with Gasteiger partial charge in [-0.1, -0.05) is 28.9 Å². The van der Waals surface area contributed by atoms with Gasteiger partial charge >= 0.3 is 0 Å². The molecule has 4 nitrogen and oxygen atoms in total. The van der Waals surface area contributed by atoms with Crippen LogP contribution in [0.1, 0.15) is 5.69 Å². The topological polar surface area (TPSA) is 32.5 Å². The first-order valence-corrected chi connectivity index (χ1v) is 9.00. The number of rotatable bonds is 4. The van der Waals surface area contributed by atoms with Crippen LogP contribution in [0.15, 0.2) is 59.1 Å². The maximum absolute atomic E-state index is 13.9. The molecule has 0 aliphatic carbocycles. The fourth-order valence-corrected chi connectivity index (χ4v) is 3.35. The largest absolute Gasteiger partial charge is 0.367 e. The second kappa shape index (κ2) is 7.48. The molecule has 2 aromatic carbocycles. The van der Waals surface area contributed by atoms with Gasteiger partial charge < -0.3 is 9.42 Å². The van der Waals surface area contributed by atoms with Crippen LogP contribution in [0.5, 0.6) is 0 Å². The first kappa shape index (κ1) is 17.1. The fraction of sp³-hybridized carbons (Fsp3) is 0.250. The molecule has 3 aromatic rings. The summed E-state index contributed by atoms with van der Waals surface area (Å²) >= 11 is 5.92. The highest BCUT2D eigenvalue weighted by Gasteiger charge is 2.20. The van der Waals surface area contributed by atoms with Gasteiger partial charge in [-0.05, 0) is 36.4 Å². The quantitative estimate of drug-likeness (QED) is 0.678. The van der Waals surface area contributed by atoms with E-state index < -0.39 is 0 Å². The van der Waals surface area contributed by atoms with Gasteiger partial charge in [-0.25, -0.2) is 4.39 Å². The highest BCUT2D eigenvalue weighted by atomic mass is 35.5. The van der Waals surface area contributed by atoms with Crippen molar-refractivity contribution in [2.75, 3.05) is 31.1 Å². The lowest BCUT2D eigenvalue weighted by atomic mass is 10.1. The lowest BCUT2D eigenvalue weighted by molar-refractivity contribution is 0.242. The number of hydrogen-bond donors (Lipinski definition) is 0. The number of aromatic nitrogens is 1. The number of halogens is 2. The average Bonchev–Trinajstić information content (AvgIpc) is 3.12. The van der Waals surface area contributed by atoms with Crippen LogP contribution < -0.4 is 4.90 Å². The van der Waals surface area contributed by atoms with E-state index in [2.05, 4.69) is 15.0 Å². The third-order valence-corrected chi connectivity index (χ3v) is 4.89. The highest BCUT2D eigenvalue weighted by molar-refractivity contribution is 6.30. The first-order valence-electron chi connectivity index (χ1n) is 8.62. The number of anilines is 1. The standard InChI is InChI=1S/C20H19ClFN3O/c21-16-7-5-15(6-8-16)20-13-17(23-26-20)14-24-9-11-25(12-10-24)19-4-2-1-3-18(19)22/h1-8,13H,9-12,14H2. The lowest BCUT2D eigenvalue weighted by Crippen LogP contribution is -2.46. The third-order valence-electron chi connectivity index (χ3n) is 4.64. The van der Waals surface area contributed by atoms with E-state index in [0.717, 1.165) is 49.7 Å². The summed E-state index contributed by atoms with van der Waals surface area (Å²) in [5.74, 6) is 0.576. The molecule has 1 aliphatic heterocycles. The number of benzene rings is 2. The molecule has 0 radical (unpaired) electrons. The summed E-state index contributed by atoms with van der Waals surface area (Å²) in [6.07, 6.45) is 0. The number of piperazine rings is 1. The van der Waals surface area contributed by atoms with Gasteiger partial charge in [0.05, 0.1) is 11.4 Å². The van der Waals surface area contributed by atoms with Crippen molar-refractivity contribution in [3.8, 4) is 11.3 Å². The maximum atomic E-state index is 13.9.